The van der Waals surface area contributed by atoms with Gasteiger partial charge in [0.05, 0.1) is 0 Å². The van der Waals surface area contributed by atoms with E-state index in [1.54, 1.807) is 18.0 Å². The Morgan fingerprint density at radius 2 is 1.94 bits per heavy atom. The summed E-state index contributed by atoms with van der Waals surface area (Å²) in [7, 11) is 0. The first-order valence-corrected chi connectivity index (χ1v) is 6.53. The zero-order valence-corrected chi connectivity index (χ0v) is 11.1. The van der Waals surface area contributed by atoms with Crippen molar-refractivity contribution in [3.8, 4) is 0 Å². The Kier molecular flexibility index (Phi) is 3.90. The smallest absolute Gasteiger partial charge is 0.187 e. The number of aromatic nitrogens is 3. The quantitative estimate of drug-likeness (QED) is 0.644. The van der Waals surface area contributed by atoms with Crippen LogP contribution in [0.2, 0.25) is 0 Å². The highest BCUT2D eigenvalue weighted by molar-refractivity contribution is 9.10. The van der Waals surface area contributed by atoms with Crippen molar-refractivity contribution in [3.05, 3.63) is 46.5 Å². The van der Waals surface area contributed by atoms with E-state index >= 15 is 0 Å². The summed E-state index contributed by atoms with van der Waals surface area (Å²) in [4.78, 5) is 12.6. The summed E-state index contributed by atoms with van der Waals surface area (Å²) >= 11 is 5.00. The Bertz CT molecular complexity index is 473. The third kappa shape index (κ3) is 3.28. The topological polar surface area (TPSA) is 38.7 Å². The number of rotatable bonds is 3. The minimum Gasteiger partial charge on any atom is -0.263 e. The van der Waals surface area contributed by atoms with Crippen LogP contribution in [0.15, 0.2) is 40.5 Å². The molecule has 5 heteroatoms. The Balaban J connectivity index is 1.99. The van der Waals surface area contributed by atoms with Crippen molar-refractivity contribution in [2.45, 2.75) is 17.8 Å². The van der Waals surface area contributed by atoms with E-state index < -0.39 is 0 Å². The van der Waals surface area contributed by atoms with Crippen molar-refractivity contribution >= 4 is 27.7 Å². The molecular weight excluding hydrogens is 286 g/mol. The average molecular weight is 296 g/mol. The van der Waals surface area contributed by atoms with Crippen LogP contribution in [-0.4, -0.2) is 15.0 Å². The highest BCUT2D eigenvalue weighted by Crippen LogP contribution is 2.20. The van der Waals surface area contributed by atoms with Gasteiger partial charge in [-0.25, -0.2) is 9.97 Å². The first kappa shape index (κ1) is 11.5. The van der Waals surface area contributed by atoms with E-state index in [1.807, 2.05) is 31.6 Å². The summed E-state index contributed by atoms with van der Waals surface area (Å²) in [5.41, 5.74) is 2.23. The third-order valence-electron chi connectivity index (χ3n) is 1.89. The molecule has 82 valence electrons. The zero-order valence-electron chi connectivity index (χ0n) is 8.72. The summed E-state index contributed by atoms with van der Waals surface area (Å²) in [5.74, 6) is 0.829. The Morgan fingerprint density at radius 1 is 1.19 bits per heavy atom. The molecule has 2 rings (SSSR count). The van der Waals surface area contributed by atoms with Crippen molar-refractivity contribution in [3.63, 3.8) is 0 Å². The van der Waals surface area contributed by atoms with Crippen LogP contribution in [-0.2, 0) is 5.75 Å². The van der Waals surface area contributed by atoms with Crippen LogP contribution in [0.25, 0.3) is 0 Å². The lowest BCUT2D eigenvalue weighted by molar-refractivity contribution is 0.949. The highest BCUT2D eigenvalue weighted by atomic mass is 79.9. The number of nitrogens with zero attached hydrogens (tertiary/aromatic N) is 3. The predicted molar refractivity (Wildman–Crippen MR) is 68.3 cm³/mol. The van der Waals surface area contributed by atoms with Gasteiger partial charge in [0.25, 0.3) is 0 Å². The lowest BCUT2D eigenvalue weighted by Crippen LogP contribution is -1.88. The Morgan fingerprint density at radius 3 is 2.62 bits per heavy atom. The van der Waals surface area contributed by atoms with E-state index in [2.05, 4.69) is 30.9 Å². The molecule has 0 amide bonds. The van der Waals surface area contributed by atoms with Crippen LogP contribution in [0, 0.1) is 6.92 Å². The van der Waals surface area contributed by atoms with Crippen LogP contribution in [0.1, 0.15) is 11.1 Å². The van der Waals surface area contributed by atoms with Crippen molar-refractivity contribution in [2.75, 3.05) is 0 Å². The van der Waals surface area contributed by atoms with Gasteiger partial charge in [-0.1, -0.05) is 11.8 Å². The van der Waals surface area contributed by atoms with E-state index in [0.717, 1.165) is 26.5 Å². The van der Waals surface area contributed by atoms with Gasteiger partial charge in [0.2, 0.25) is 0 Å². The predicted octanol–water partition coefficient (Wildman–Crippen LogP) is 3.23. The van der Waals surface area contributed by atoms with Gasteiger partial charge in [-0.3, -0.25) is 4.98 Å². The molecule has 0 aliphatic rings. The van der Waals surface area contributed by atoms with Gasteiger partial charge in [-0.2, -0.15) is 0 Å². The van der Waals surface area contributed by atoms with Crippen LogP contribution in [0.3, 0.4) is 0 Å². The van der Waals surface area contributed by atoms with Crippen molar-refractivity contribution in [2.24, 2.45) is 0 Å². The molecule has 0 atom stereocenters. The monoisotopic (exact) mass is 295 g/mol. The summed E-state index contributed by atoms with van der Waals surface area (Å²) in [6.45, 7) is 1.98. The SMILES string of the molecule is Cc1cnc(SCc2cncc(Br)c2)nc1. The van der Waals surface area contributed by atoms with Gasteiger partial charge in [-0.15, -0.1) is 0 Å². The van der Waals surface area contributed by atoms with Crippen molar-refractivity contribution in [1.82, 2.24) is 15.0 Å². The van der Waals surface area contributed by atoms with Gasteiger partial charge in [0, 0.05) is 35.0 Å². The fourth-order valence-corrected chi connectivity index (χ4v) is 2.26. The first-order valence-electron chi connectivity index (χ1n) is 4.75. The number of halogens is 1. The van der Waals surface area contributed by atoms with Gasteiger partial charge < -0.3 is 0 Å². The average Bonchev–Trinajstić information content (AvgIpc) is 2.28. The van der Waals surface area contributed by atoms with Gasteiger partial charge >= 0.3 is 0 Å². The molecule has 0 spiro atoms. The Hall–Kier alpha value is -0.940. The summed E-state index contributed by atoms with van der Waals surface area (Å²) in [5, 5.41) is 0.797. The minimum absolute atomic E-state index is 0.797. The van der Waals surface area contributed by atoms with Crippen LogP contribution in [0.4, 0.5) is 0 Å². The second-order valence-electron chi connectivity index (χ2n) is 3.34. The molecule has 16 heavy (non-hydrogen) atoms. The largest absolute Gasteiger partial charge is 0.263 e. The molecule has 0 fully saturated rings. The van der Waals surface area contributed by atoms with Gasteiger partial charge in [-0.05, 0) is 40.0 Å². The van der Waals surface area contributed by atoms with E-state index in [1.165, 1.54) is 0 Å². The number of aryl methyl sites for hydroxylation is 1. The van der Waals surface area contributed by atoms with Crippen molar-refractivity contribution in [1.29, 1.82) is 0 Å². The van der Waals surface area contributed by atoms with Crippen LogP contribution < -0.4 is 0 Å². The fourth-order valence-electron chi connectivity index (χ4n) is 1.14. The molecule has 2 aromatic rings. The second kappa shape index (κ2) is 5.41. The molecule has 3 nitrogen and oxygen atoms in total. The maximum atomic E-state index is 4.24. The van der Waals surface area contributed by atoms with E-state index in [0.29, 0.717) is 0 Å². The standard InChI is InChI=1S/C11H10BrN3S/c1-8-3-14-11(15-4-8)16-7-9-2-10(12)6-13-5-9/h2-6H,7H2,1H3. The lowest BCUT2D eigenvalue weighted by Gasteiger charge is -2.00. The number of thioether (sulfide) groups is 1. The Labute approximate surface area is 107 Å². The van der Waals surface area contributed by atoms with Crippen LogP contribution >= 0.6 is 27.7 Å². The second-order valence-corrected chi connectivity index (χ2v) is 5.20. The van der Waals surface area contributed by atoms with E-state index in [9.17, 15) is 0 Å². The van der Waals surface area contributed by atoms with E-state index in [4.69, 9.17) is 0 Å². The van der Waals surface area contributed by atoms with Crippen LogP contribution in [0.5, 0.6) is 0 Å². The molecule has 0 radical (unpaired) electrons. The van der Waals surface area contributed by atoms with Gasteiger partial charge in [0.1, 0.15) is 0 Å². The normalized spacial score (nSPS) is 10.4. The third-order valence-corrected chi connectivity index (χ3v) is 3.27. The molecule has 0 aromatic carbocycles. The molecule has 0 aliphatic carbocycles. The number of hydrogen-bond acceptors (Lipinski definition) is 4. The van der Waals surface area contributed by atoms with Gasteiger partial charge in [0.15, 0.2) is 5.16 Å². The molecule has 0 bridgehead atoms. The molecule has 0 unspecified atom stereocenters. The molecule has 2 aromatic heterocycles. The molecule has 2 heterocycles. The fraction of sp³-hybridized carbons (Fsp3) is 0.182. The first-order chi connectivity index (χ1) is 7.74. The molecule has 0 N–H and O–H groups in total. The maximum Gasteiger partial charge on any atom is 0.187 e. The van der Waals surface area contributed by atoms with Crippen molar-refractivity contribution < 1.29 is 0 Å². The minimum atomic E-state index is 0.797. The summed E-state index contributed by atoms with van der Waals surface area (Å²) in [6.07, 6.45) is 7.28. The number of hydrogen-bond donors (Lipinski definition) is 0. The molecule has 0 saturated carbocycles. The maximum absolute atomic E-state index is 4.24. The molecule has 0 saturated heterocycles. The lowest BCUT2D eigenvalue weighted by atomic mass is 10.3. The molecule has 0 aliphatic heterocycles. The highest BCUT2D eigenvalue weighted by Gasteiger charge is 1.99. The summed E-state index contributed by atoms with van der Waals surface area (Å²) in [6, 6.07) is 2.05. The zero-order chi connectivity index (χ0) is 11.4. The number of pyridine rings is 1. The van der Waals surface area contributed by atoms with E-state index in [-0.39, 0.29) is 0 Å². The summed E-state index contributed by atoms with van der Waals surface area (Å²) < 4.78 is 0.996. The molecular formula is C11H10BrN3S.